The summed E-state index contributed by atoms with van der Waals surface area (Å²) in [5.41, 5.74) is -0.438. The standard InChI is InChI=1S/C11H9FN4O4/c1-2-8-10(11(17)18)13-14-15(8)6-3-4-9(16(19)20)7(12)5-6/h3-5H,2H2,1H3,(H,17,18). The Morgan fingerprint density at radius 2 is 2.25 bits per heavy atom. The van der Waals surface area contributed by atoms with E-state index < -0.39 is 22.4 Å². The molecule has 1 heterocycles. The first-order valence-electron chi connectivity index (χ1n) is 5.57. The molecule has 1 aromatic heterocycles. The molecule has 0 aliphatic rings. The molecule has 0 amide bonds. The summed E-state index contributed by atoms with van der Waals surface area (Å²) in [6, 6.07) is 3.19. The summed E-state index contributed by atoms with van der Waals surface area (Å²) in [4.78, 5) is 20.7. The Bertz CT molecular complexity index is 698. The van der Waals surface area contributed by atoms with E-state index in [1.54, 1.807) is 6.92 Å². The maximum Gasteiger partial charge on any atom is 0.358 e. The van der Waals surface area contributed by atoms with Crippen LogP contribution in [0, 0.1) is 15.9 Å². The van der Waals surface area contributed by atoms with Gasteiger partial charge in [-0.3, -0.25) is 10.1 Å². The van der Waals surface area contributed by atoms with Crippen LogP contribution in [0.3, 0.4) is 0 Å². The van der Waals surface area contributed by atoms with Crippen molar-refractivity contribution in [2.24, 2.45) is 0 Å². The van der Waals surface area contributed by atoms with Crippen LogP contribution in [0.15, 0.2) is 18.2 Å². The maximum atomic E-state index is 13.6. The lowest BCUT2D eigenvalue weighted by Crippen LogP contribution is -2.06. The van der Waals surface area contributed by atoms with Crippen molar-refractivity contribution >= 4 is 11.7 Å². The molecule has 0 aliphatic carbocycles. The van der Waals surface area contributed by atoms with Crippen LogP contribution < -0.4 is 0 Å². The number of benzene rings is 1. The average Bonchev–Trinajstić information content (AvgIpc) is 2.81. The molecule has 104 valence electrons. The van der Waals surface area contributed by atoms with Crippen molar-refractivity contribution in [3.63, 3.8) is 0 Å². The molecule has 0 radical (unpaired) electrons. The van der Waals surface area contributed by atoms with Gasteiger partial charge in [0.15, 0.2) is 5.69 Å². The molecule has 0 unspecified atom stereocenters. The molecule has 0 fully saturated rings. The van der Waals surface area contributed by atoms with E-state index in [2.05, 4.69) is 10.3 Å². The fraction of sp³-hybridized carbons (Fsp3) is 0.182. The maximum absolute atomic E-state index is 13.6. The van der Waals surface area contributed by atoms with Crippen molar-refractivity contribution < 1.29 is 19.2 Å². The molecule has 1 aromatic carbocycles. The number of hydrogen-bond donors (Lipinski definition) is 1. The highest BCUT2D eigenvalue weighted by Gasteiger charge is 2.20. The molecule has 20 heavy (non-hydrogen) atoms. The van der Waals surface area contributed by atoms with Crippen LogP contribution in [0.4, 0.5) is 10.1 Å². The first-order chi connectivity index (χ1) is 9.45. The number of halogens is 1. The largest absolute Gasteiger partial charge is 0.476 e. The second kappa shape index (κ2) is 5.03. The van der Waals surface area contributed by atoms with E-state index in [-0.39, 0.29) is 17.1 Å². The summed E-state index contributed by atoms with van der Waals surface area (Å²) in [6.45, 7) is 1.70. The monoisotopic (exact) mass is 280 g/mol. The summed E-state index contributed by atoms with van der Waals surface area (Å²) in [5, 5.41) is 26.6. The van der Waals surface area contributed by atoms with Gasteiger partial charge in [-0.15, -0.1) is 5.10 Å². The van der Waals surface area contributed by atoms with Crippen molar-refractivity contribution in [3.8, 4) is 5.69 Å². The Kier molecular flexibility index (Phi) is 3.42. The smallest absolute Gasteiger partial charge is 0.358 e. The zero-order chi connectivity index (χ0) is 14.9. The number of carboxylic acids is 1. The van der Waals surface area contributed by atoms with E-state index in [1.165, 1.54) is 6.07 Å². The molecular weight excluding hydrogens is 271 g/mol. The topological polar surface area (TPSA) is 111 Å². The lowest BCUT2D eigenvalue weighted by atomic mass is 10.2. The van der Waals surface area contributed by atoms with Crippen molar-refractivity contribution in [2.75, 3.05) is 0 Å². The highest BCUT2D eigenvalue weighted by atomic mass is 19.1. The average molecular weight is 280 g/mol. The molecule has 9 heteroatoms. The second-order valence-corrected chi connectivity index (χ2v) is 3.85. The van der Waals surface area contributed by atoms with Gasteiger partial charge in [-0.05, 0) is 12.5 Å². The van der Waals surface area contributed by atoms with Crippen molar-refractivity contribution in [1.82, 2.24) is 15.0 Å². The van der Waals surface area contributed by atoms with Gasteiger partial charge in [0.05, 0.1) is 16.3 Å². The van der Waals surface area contributed by atoms with Crippen LogP contribution in [0.2, 0.25) is 0 Å². The number of rotatable bonds is 4. The molecular formula is C11H9FN4O4. The van der Waals surface area contributed by atoms with Crippen molar-refractivity contribution in [1.29, 1.82) is 0 Å². The summed E-state index contributed by atoms with van der Waals surface area (Å²) in [7, 11) is 0. The zero-order valence-electron chi connectivity index (χ0n) is 10.3. The van der Waals surface area contributed by atoms with Gasteiger partial charge in [0.25, 0.3) is 0 Å². The number of carbonyl (C=O) groups is 1. The van der Waals surface area contributed by atoms with Gasteiger partial charge < -0.3 is 5.11 Å². The molecule has 0 atom stereocenters. The lowest BCUT2D eigenvalue weighted by Gasteiger charge is -2.05. The number of aromatic nitrogens is 3. The summed E-state index contributed by atoms with van der Waals surface area (Å²) in [5.74, 6) is -2.27. The Labute approximate surface area is 111 Å². The summed E-state index contributed by atoms with van der Waals surface area (Å²) >= 11 is 0. The summed E-state index contributed by atoms with van der Waals surface area (Å²) in [6.07, 6.45) is 0.313. The Morgan fingerprint density at radius 3 is 2.75 bits per heavy atom. The van der Waals surface area contributed by atoms with E-state index in [4.69, 9.17) is 5.11 Å². The van der Waals surface area contributed by atoms with E-state index in [0.717, 1.165) is 16.8 Å². The second-order valence-electron chi connectivity index (χ2n) is 3.85. The Hall–Kier alpha value is -2.84. The number of hydrogen-bond acceptors (Lipinski definition) is 5. The highest BCUT2D eigenvalue weighted by molar-refractivity contribution is 5.86. The van der Waals surface area contributed by atoms with Crippen LogP contribution in [0.1, 0.15) is 23.1 Å². The van der Waals surface area contributed by atoms with E-state index in [0.29, 0.717) is 6.42 Å². The minimum absolute atomic E-state index is 0.171. The third kappa shape index (κ3) is 2.20. The third-order valence-corrected chi connectivity index (χ3v) is 2.67. The molecule has 2 aromatic rings. The number of carboxylic acid groups (broad SMARTS) is 1. The van der Waals surface area contributed by atoms with Gasteiger partial charge in [-0.25, -0.2) is 9.48 Å². The van der Waals surface area contributed by atoms with Gasteiger partial charge in [-0.2, -0.15) is 4.39 Å². The molecule has 0 saturated heterocycles. The van der Waals surface area contributed by atoms with Crippen LogP contribution in [-0.2, 0) is 6.42 Å². The molecule has 0 bridgehead atoms. The number of nitro benzene ring substituents is 1. The third-order valence-electron chi connectivity index (χ3n) is 2.67. The number of nitro groups is 1. The first kappa shape index (κ1) is 13.6. The van der Waals surface area contributed by atoms with Crippen LogP contribution in [0.5, 0.6) is 0 Å². The fourth-order valence-electron chi connectivity index (χ4n) is 1.77. The van der Waals surface area contributed by atoms with E-state index >= 15 is 0 Å². The van der Waals surface area contributed by atoms with Gasteiger partial charge in [-0.1, -0.05) is 12.1 Å². The fourth-order valence-corrected chi connectivity index (χ4v) is 1.77. The van der Waals surface area contributed by atoms with Crippen molar-refractivity contribution in [3.05, 3.63) is 45.5 Å². The summed E-state index contributed by atoms with van der Waals surface area (Å²) < 4.78 is 14.7. The minimum atomic E-state index is -1.24. The SMILES string of the molecule is CCc1c(C(=O)O)nnn1-c1ccc([N+](=O)[O-])c(F)c1. The molecule has 2 rings (SSSR count). The number of aromatic carboxylic acids is 1. The number of nitrogens with zero attached hydrogens (tertiary/aromatic N) is 4. The van der Waals surface area contributed by atoms with Gasteiger partial charge in [0.1, 0.15) is 0 Å². The predicted molar refractivity (Wildman–Crippen MR) is 64.3 cm³/mol. The molecule has 0 aliphatic heterocycles. The van der Waals surface area contributed by atoms with Crippen LogP contribution in [-0.4, -0.2) is 31.0 Å². The molecule has 0 spiro atoms. The molecule has 8 nitrogen and oxygen atoms in total. The first-order valence-corrected chi connectivity index (χ1v) is 5.57. The Balaban J connectivity index is 2.55. The zero-order valence-corrected chi connectivity index (χ0v) is 10.3. The van der Waals surface area contributed by atoms with Gasteiger partial charge in [0.2, 0.25) is 5.82 Å². The van der Waals surface area contributed by atoms with Gasteiger partial charge in [0, 0.05) is 12.1 Å². The molecule has 1 N–H and O–H groups in total. The predicted octanol–water partition coefficient (Wildman–Crippen LogP) is 1.58. The normalized spacial score (nSPS) is 10.5. The highest BCUT2D eigenvalue weighted by Crippen LogP contribution is 2.21. The lowest BCUT2D eigenvalue weighted by molar-refractivity contribution is -0.387. The van der Waals surface area contributed by atoms with Gasteiger partial charge >= 0.3 is 11.7 Å². The quantitative estimate of drug-likeness (QED) is 0.672. The molecule has 0 saturated carbocycles. The van der Waals surface area contributed by atoms with Crippen molar-refractivity contribution in [2.45, 2.75) is 13.3 Å². The Morgan fingerprint density at radius 1 is 1.55 bits per heavy atom. The minimum Gasteiger partial charge on any atom is -0.476 e. The van der Waals surface area contributed by atoms with Crippen LogP contribution in [0.25, 0.3) is 5.69 Å². The van der Waals surface area contributed by atoms with E-state index in [1.807, 2.05) is 0 Å². The van der Waals surface area contributed by atoms with E-state index in [9.17, 15) is 19.3 Å². The van der Waals surface area contributed by atoms with Crippen LogP contribution >= 0.6 is 0 Å².